The first-order valence-corrected chi connectivity index (χ1v) is 11.5. The van der Waals surface area contributed by atoms with E-state index in [-0.39, 0.29) is 28.6 Å². The van der Waals surface area contributed by atoms with Crippen LogP contribution in [0, 0.1) is 0 Å². The van der Waals surface area contributed by atoms with Crippen LogP contribution in [0.4, 0.5) is 13.2 Å². The second-order valence-electron chi connectivity index (χ2n) is 10.1. The zero-order valence-corrected chi connectivity index (χ0v) is 20.1. The average Bonchev–Trinajstić information content (AvgIpc) is 2.74. The smallest absolute Gasteiger partial charge is 0.416 e. The molecule has 2 nitrogen and oxygen atoms in total. The highest BCUT2D eigenvalue weighted by molar-refractivity contribution is 6.16. The fourth-order valence-electron chi connectivity index (χ4n) is 4.57. The standard InChI is InChI=1S/C28H33F3O2/c1-6-33-25(32)22(20-10-8-11-21(18-20)28(29,30)31)12-7-9-19-13-14-23-24(17-19)27(4,5)16-15-26(23,2)3/h8,10-14,17-18H,6-7,9,15-16H2,1-5H3/b22-12+. The monoisotopic (exact) mass is 458 g/mol. The molecule has 0 saturated carbocycles. The van der Waals surface area contributed by atoms with E-state index in [0.29, 0.717) is 12.8 Å². The number of alkyl halides is 3. The quantitative estimate of drug-likeness (QED) is 0.328. The number of rotatable bonds is 6. The first-order chi connectivity index (χ1) is 15.3. The van der Waals surface area contributed by atoms with E-state index in [1.54, 1.807) is 13.0 Å². The normalized spacial score (nSPS) is 17.4. The van der Waals surface area contributed by atoms with E-state index in [1.807, 2.05) is 0 Å². The van der Waals surface area contributed by atoms with Crippen LogP contribution < -0.4 is 0 Å². The Kier molecular flexibility index (Phi) is 7.11. The number of aryl methyl sites for hydroxylation is 1. The zero-order chi connectivity index (χ0) is 24.4. The number of carbonyl (C=O) groups is 1. The van der Waals surface area contributed by atoms with Crippen LogP contribution in [0.5, 0.6) is 0 Å². The lowest BCUT2D eigenvalue weighted by molar-refractivity contribution is -0.138. The highest BCUT2D eigenvalue weighted by Gasteiger charge is 2.37. The predicted octanol–water partition coefficient (Wildman–Crippen LogP) is 7.63. The van der Waals surface area contributed by atoms with Gasteiger partial charge in [-0.05, 0) is 77.8 Å². The van der Waals surface area contributed by atoms with Crippen molar-refractivity contribution in [1.29, 1.82) is 0 Å². The minimum atomic E-state index is -4.47. The van der Waals surface area contributed by atoms with E-state index < -0.39 is 17.7 Å². The van der Waals surface area contributed by atoms with E-state index in [0.717, 1.165) is 30.5 Å². The zero-order valence-electron chi connectivity index (χ0n) is 20.1. The van der Waals surface area contributed by atoms with Crippen molar-refractivity contribution in [2.24, 2.45) is 0 Å². The van der Waals surface area contributed by atoms with Crippen LogP contribution in [0.1, 0.15) is 81.7 Å². The molecular formula is C28H33F3O2. The lowest BCUT2D eigenvalue weighted by Crippen LogP contribution is -2.33. The van der Waals surface area contributed by atoms with Crippen molar-refractivity contribution < 1.29 is 22.7 Å². The molecule has 33 heavy (non-hydrogen) atoms. The van der Waals surface area contributed by atoms with Gasteiger partial charge in [-0.1, -0.05) is 64.1 Å². The summed E-state index contributed by atoms with van der Waals surface area (Å²) in [5.41, 5.74) is 3.75. The van der Waals surface area contributed by atoms with Crippen LogP contribution >= 0.6 is 0 Å². The summed E-state index contributed by atoms with van der Waals surface area (Å²) < 4.78 is 44.6. The van der Waals surface area contributed by atoms with Crippen LogP contribution in [-0.2, 0) is 33.0 Å². The highest BCUT2D eigenvalue weighted by atomic mass is 19.4. The van der Waals surface area contributed by atoms with Crippen LogP contribution in [0.25, 0.3) is 5.57 Å². The molecule has 0 fully saturated rings. The van der Waals surface area contributed by atoms with Gasteiger partial charge >= 0.3 is 12.1 Å². The molecule has 5 heteroatoms. The van der Waals surface area contributed by atoms with Crippen LogP contribution in [0.3, 0.4) is 0 Å². The largest absolute Gasteiger partial charge is 0.462 e. The summed E-state index contributed by atoms with van der Waals surface area (Å²) in [6, 6.07) is 11.5. The highest BCUT2D eigenvalue weighted by Crippen LogP contribution is 2.46. The number of ether oxygens (including phenoxy) is 1. The lowest BCUT2D eigenvalue weighted by atomic mass is 9.63. The van der Waals surface area contributed by atoms with E-state index in [1.165, 1.54) is 23.3 Å². The second-order valence-corrected chi connectivity index (χ2v) is 10.1. The minimum absolute atomic E-state index is 0.102. The van der Waals surface area contributed by atoms with Crippen molar-refractivity contribution in [3.63, 3.8) is 0 Å². The van der Waals surface area contributed by atoms with Crippen LogP contribution in [-0.4, -0.2) is 12.6 Å². The fourth-order valence-corrected chi connectivity index (χ4v) is 4.57. The number of halogens is 3. The van der Waals surface area contributed by atoms with Crippen molar-refractivity contribution in [1.82, 2.24) is 0 Å². The Morgan fingerprint density at radius 2 is 1.67 bits per heavy atom. The summed E-state index contributed by atoms with van der Waals surface area (Å²) >= 11 is 0. The molecule has 0 radical (unpaired) electrons. The summed E-state index contributed by atoms with van der Waals surface area (Å²) in [5.74, 6) is -0.606. The fraction of sp³-hybridized carbons (Fsp3) is 0.464. The number of allylic oxidation sites excluding steroid dienone is 1. The van der Waals surface area contributed by atoms with E-state index in [4.69, 9.17) is 4.74 Å². The molecular weight excluding hydrogens is 425 g/mol. The SMILES string of the molecule is CCOC(=O)/C(=C/CCc1ccc2c(c1)C(C)(C)CCC2(C)C)c1cccc(C(F)(F)F)c1. The molecule has 0 amide bonds. The second kappa shape index (κ2) is 9.36. The van der Waals surface area contributed by atoms with E-state index in [9.17, 15) is 18.0 Å². The topological polar surface area (TPSA) is 26.3 Å². The molecule has 2 aromatic rings. The number of benzene rings is 2. The van der Waals surface area contributed by atoms with Crippen molar-refractivity contribution in [3.8, 4) is 0 Å². The Hall–Kier alpha value is -2.56. The maximum Gasteiger partial charge on any atom is 0.416 e. The first-order valence-electron chi connectivity index (χ1n) is 11.5. The van der Waals surface area contributed by atoms with Gasteiger partial charge in [0.05, 0.1) is 17.7 Å². The maximum absolute atomic E-state index is 13.2. The van der Waals surface area contributed by atoms with Gasteiger partial charge in [-0.3, -0.25) is 0 Å². The van der Waals surface area contributed by atoms with Crippen molar-refractivity contribution in [2.45, 2.75) is 77.3 Å². The number of carbonyl (C=O) groups excluding carboxylic acids is 1. The lowest BCUT2D eigenvalue weighted by Gasteiger charge is -2.42. The molecule has 0 unspecified atom stereocenters. The number of esters is 1. The van der Waals surface area contributed by atoms with Gasteiger partial charge in [0.15, 0.2) is 0 Å². The molecule has 1 aliphatic carbocycles. The van der Waals surface area contributed by atoms with Crippen molar-refractivity contribution in [3.05, 3.63) is 76.4 Å². The average molecular weight is 459 g/mol. The number of hydrogen-bond acceptors (Lipinski definition) is 2. The van der Waals surface area contributed by atoms with Gasteiger partial charge in [0.1, 0.15) is 0 Å². The molecule has 1 aliphatic rings. The maximum atomic E-state index is 13.2. The van der Waals surface area contributed by atoms with Crippen molar-refractivity contribution in [2.75, 3.05) is 6.61 Å². The Balaban J connectivity index is 1.87. The molecule has 0 bridgehead atoms. The molecule has 0 heterocycles. The Labute approximate surface area is 194 Å². The Morgan fingerprint density at radius 1 is 1.00 bits per heavy atom. The van der Waals surface area contributed by atoms with Gasteiger partial charge in [-0.15, -0.1) is 0 Å². The number of hydrogen-bond donors (Lipinski definition) is 0. The third kappa shape index (κ3) is 5.69. The molecule has 0 aliphatic heterocycles. The molecule has 2 aromatic carbocycles. The van der Waals surface area contributed by atoms with Gasteiger partial charge in [0.25, 0.3) is 0 Å². The van der Waals surface area contributed by atoms with Crippen LogP contribution in [0.15, 0.2) is 48.5 Å². The van der Waals surface area contributed by atoms with Crippen molar-refractivity contribution >= 4 is 11.5 Å². The third-order valence-electron chi connectivity index (χ3n) is 6.69. The van der Waals surface area contributed by atoms with Gasteiger partial charge < -0.3 is 4.74 Å². The predicted molar refractivity (Wildman–Crippen MR) is 126 cm³/mol. The van der Waals surface area contributed by atoms with E-state index >= 15 is 0 Å². The third-order valence-corrected chi connectivity index (χ3v) is 6.69. The number of fused-ring (bicyclic) bond motifs is 1. The summed E-state index contributed by atoms with van der Waals surface area (Å²) in [7, 11) is 0. The molecule has 0 N–H and O–H groups in total. The summed E-state index contributed by atoms with van der Waals surface area (Å²) in [6.07, 6.45) is 0.702. The minimum Gasteiger partial charge on any atom is -0.462 e. The molecule has 3 rings (SSSR count). The van der Waals surface area contributed by atoms with Gasteiger partial charge in [-0.2, -0.15) is 13.2 Å². The van der Waals surface area contributed by atoms with E-state index in [2.05, 4.69) is 45.9 Å². The Bertz CT molecular complexity index is 1050. The van der Waals surface area contributed by atoms with Gasteiger partial charge in [0.2, 0.25) is 0 Å². The summed E-state index contributed by atoms with van der Waals surface area (Å²) in [6.45, 7) is 11.0. The molecule has 178 valence electrons. The van der Waals surface area contributed by atoms with Gasteiger partial charge in [0, 0.05) is 0 Å². The molecule has 0 saturated heterocycles. The molecule has 0 spiro atoms. The first kappa shape index (κ1) is 25.1. The van der Waals surface area contributed by atoms with Gasteiger partial charge in [-0.25, -0.2) is 4.79 Å². The van der Waals surface area contributed by atoms with Crippen LogP contribution in [0.2, 0.25) is 0 Å². The summed E-state index contributed by atoms with van der Waals surface area (Å²) in [5, 5.41) is 0. The Morgan fingerprint density at radius 3 is 2.30 bits per heavy atom. The summed E-state index contributed by atoms with van der Waals surface area (Å²) in [4.78, 5) is 12.5. The molecule has 0 aromatic heterocycles. The molecule has 0 atom stereocenters.